The number of nitrogens with one attached hydrogen (secondary N) is 1. The van der Waals surface area contributed by atoms with Crippen LogP contribution in [-0.4, -0.2) is 23.5 Å². The Balaban J connectivity index is 2.68. The molecule has 0 aliphatic carbocycles. The molecule has 1 aromatic carbocycles. The third kappa shape index (κ3) is 6.12. The number of carboxylic acid groups (broad SMARTS) is 1. The maximum Gasteiger partial charge on any atom is 0.303 e. The second-order valence-corrected chi connectivity index (χ2v) is 5.86. The zero-order chi connectivity index (χ0) is 16.0. The Labute approximate surface area is 128 Å². The molecule has 21 heavy (non-hydrogen) atoms. The number of benzene rings is 1. The van der Waals surface area contributed by atoms with Gasteiger partial charge in [0.15, 0.2) is 0 Å². The van der Waals surface area contributed by atoms with Crippen molar-refractivity contribution in [2.75, 3.05) is 6.54 Å². The van der Waals surface area contributed by atoms with E-state index in [1.54, 1.807) is 0 Å². The number of carbonyl (C=O) groups excluding carboxylic acids is 1. The number of aliphatic carboxylic acids is 1. The van der Waals surface area contributed by atoms with Crippen LogP contribution in [0.4, 0.5) is 4.39 Å². The first-order valence-corrected chi connectivity index (χ1v) is 7.12. The molecule has 1 atom stereocenters. The zero-order valence-electron chi connectivity index (χ0n) is 12.0. The fourth-order valence-electron chi connectivity index (χ4n) is 2.16. The minimum absolute atomic E-state index is 0.0313. The van der Waals surface area contributed by atoms with Crippen LogP contribution in [0.3, 0.4) is 0 Å². The van der Waals surface area contributed by atoms with Gasteiger partial charge in [-0.3, -0.25) is 9.59 Å². The minimum atomic E-state index is -0.913. The van der Waals surface area contributed by atoms with Gasteiger partial charge in [0.1, 0.15) is 5.82 Å². The molecule has 6 heteroatoms. The van der Waals surface area contributed by atoms with Gasteiger partial charge in [-0.2, -0.15) is 0 Å². The number of halogens is 2. The summed E-state index contributed by atoms with van der Waals surface area (Å²) in [4.78, 5) is 22.8. The number of carboxylic acids is 1. The first-order chi connectivity index (χ1) is 9.79. The number of carbonyl (C=O) groups is 2. The number of hydrogen-bond acceptors (Lipinski definition) is 2. The van der Waals surface area contributed by atoms with Crippen molar-refractivity contribution >= 4 is 23.5 Å². The molecule has 0 saturated carbocycles. The molecule has 116 valence electrons. The van der Waals surface area contributed by atoms with Crippen LogP contribution in [0, 0.1) is 17.7 Å². The van der Waals surface area contributed by atoms with Gasteiger partial charge in [-0.1, -0.05) is 25.4 Å². The number of amides is 1. The highest BCUT2D eigenvalue weighted by Gasteiger charge is 2.18. The fraction of sp³-hybridized carbons (Fsp3) is 0.467. The van der Waals surface area contributed by atoms with Crippen molar-refractivity contribution in [3.63, 3.8) is 0 Å². The molecule has 0 aliphatic rings. The molecule has 1 aromatic rings. The predicted octanol–water partition coefficient (Wildman–Crippen LogP) is 3.35. The molecule has 0 bridgehead atoms. The molecule has 0 saturated heterocycles. The summed E-state index contributed by atoms with van der Waals surface area (Å²) in [6, 6.07) is 3.74. The molecular formula is C15H19ClFNO3. The largest absolute Gasteiger partial charge is 0.481 e. The molecule has 0 heterocycles. The second-order valence-electron chi connectivity index (χ2n) is 5.43. The molecule has 2 N–H and O–H groups in total. The molecule has 0 fully saturated rings. The molecule has 0 radical (unpaired) electrons. The lowest BCUT2D eigenvalue weighted by Crippen LogP contribution is -2.31. The van der Waals surface area contributed by atoms with Crippen molar-refractivity contribution < 1.29 is 19.1 Å². The summed E-state index contributed by atoms with van der Waals surface area (Å²) in [6.07, 6.45) is 0.640. The van der Waals surface area contributed by atoms with Gasteiger partial charge < -0.3 is 10.4 Å². The third-order valence-electron chi connectivity index (χ3n) is 2.99. The SMILES string of the molecule is CC(C)C[C@H](CNC(=O)c1cc(Cl)ccc1F)CC(=O)O. The summed E-state index contributed by atoms with van der Waals surface area (Å²) in [5.74, 6) is -2.03. The van der Waals surface area contributed by atoms with Crippen LogP contribution in [-0.2, 0) is 4.79 Å². The lowest BCUT2D eigenvalue weighted by Gasteiger charge is -2.18. The molecule has 0 aromatic heterocycles. The summed E-state index contributed by atoms with van der Waals surface area (Å²) < 4.78 is 13.6. The fourth-order valence-corrected chi connectivity index (χ4v) is 2.33. The van der Waals surface area contributed by atoms with Crippen molar-refractivity contribution in [2.45, 2.75) is 26.7 Å². The van der Waals surface area contributed by atoms with Crippen molar-refractivity contribution in [3.8, 4) is 0 Å². The molecule has 1 rings (SSSR count). The monoisotopic (exact) mass is 315 g/mol. The second kappa shape index (κ2) is 7.98. The van der Waals surface area contributed by atoms with Crippen molar-refractivity contribution in [1.82, 2.24) is 5.32 Å². The predicted molar refractivity (Wildman–Crippen MR) is 78.9 cm³/mol. The first-order valence-electron chi connectivity index (χ1n) is 6.74. The van der Waals surface area contributed by atoms with E-state index in [2.05, 4.69) is 5.32 Å². The highest BCUT2D eigenvalue weighted by molar-refractivity contribution is 6.31. The van der Waals surface area contributed by atoms with Gasteiger partial charge in [0.05, 0.1) is 5.56 Å². The average Bonchev–Trinajstić information content (AvgIpc) is 2.37. The maximum absolute atomic E-state index is 13.6. The smallest absolute Gasteiger partial charge is 0.303 e. The van der Waals surface area contributed by atoms with Gasteiger partial charge in [0, 0.05) is 18.0 Å². The van der Waals surface area contributed by atoms with E-state index in [-0.39, 0.29) is 29.5 Å². The molecular weight excluding hydrogens is 297 g/mol. The standard InChI is InChI=1S/C15H19ClFNO3/c1-9(2)5-10(6-14(19)20)8-18-15(21)12-7-11(16)3-4-13(12)17/h3-4,7,9-10H,5-6,8H2,1-2H3,(H,18,21)(H,19,20)/t10-/m0/s1. The van der Waals surface area contributed by atoms with Crippen molar-refractivity contribution in [1.29, 1.82) is 0 Å². The van der Waals surface area contributed by atoms with Gasteiger partial charge in [-0.05, 0) is 36.5 Å². The van der Waals surface area contributed by atoms with E-state index in [0.29, 0.717) is 12.3 Å². The van der Waals surface area contributed by atoms with E-state index in [0.717, 1.165) is 6.07 Å². The summed E-state index contributed by atoms with van der Waals surface area (Å²) in [5.41, 5.74) is -0.138. The summed E-state index contributed by atoms with van der Waals surface area (Å²) in [6.45, 7) is 4.15. The van der Waals surface area contributed by atoms with E-state index in [9.17, 15) is 14.0 Å². The third-order valence-corrected chi connectivity index (χ3v) is 3.23. The van der Waals surface area contributed by atoms with E-state index in [4.69, 9.17) is 16.7 Å². The summed E-state index contributed by atoms with van der Waals surface area (Å²) in [5, 5.41) is 11.7. The number of hydrogen-bond donors (Lipinski definition) is 2. The van der Waals surface area contributed by atoms with Crippen LogP contribution in [0.1, 0.15) is 37.0 Å². The molecule has 0 aliphatic heterocycles. The first kappa shape index (κ1) is 17.4. The van der Waals surface area contributed by atoms with Gasteiger partial charge >= 0.3 is 5.97 Å². The zero-order valence-corrected chi connectivity index (χ0v) is 12.8. The average molecular weight is 316 g/mol. The molecule has 4 nitrogen and oxygen atoms in total. The molecule has 1 amide bonds. The van der Waals surface area contributed by atoms with Crippen LogP contribution >= 0.6 is 11.6 Å². The van der Waals surface area contributed by atoms with E-state index in [1.165, 1.54) is 12.1 Å². The summed E-state index contributed by atoms with van der Waals surface area (Å²) in [7, 11) is 0. The van der Waals surface area contributed by atoms with Crippen LogP contribution in [0.5, 0.6) is 0 Å². The van der Waals surface area contributed by atoms with Crippen LogP contribution in [0.25, 0.3) is 0 Å². The lowest BCUT2D eigenvalue weighted by molar-refractivity contribution is -0.138. The normalized spacial score (nSPS) is 12.2. The Morgan fingerprint density at radius 1 is 1.38 bits per heavy atom. The Morgan fingerprint density at radius 3 is 2.62 bits per heavy atom. The van der Waals surface area contributed by atoms with E-state index < -0.39 is 17.7 Å². The van der Waals surface area contributed by atoms with E-state index in [1.807, 2.05) is 13.8 Å². The minimum Gasteiger partial charge on any atom is -0.481 e. The topological polar surface area (TPSA) is 66.4 Å². The van der Waals surface area contributed by atoms with Crippen molar-refractivity contribution in [2.24, 2.45) is 11.8 Å². The van der Waals surface area contributed by atoms with Crippen molar-refractivity contribution in [3.05, 3.63) is 34.6 Å². The highest BCUT2D eigenvalue weighted by atomic mass is 35.5. The highest BCUT2D eigenvalue weighted by Crippen LogP contribution is 2.17. The lowest BCUT2D eigenvalue weighted by atomic mass is 9.94. The maximum atomic E-state index is 13.6. The Bertz CT molecular complexity index is 520. The van der Waals surface area contributed by atoms with Crippen LogP contribution in [0.2, 0.25) is 5.02 Å². The molecule has 0 spiro atoms. The van der Waals surface area contributed by atoms with Gasteiger partial charge in [0.25, 0.3) is 5.91 Å². The van der Waals surface area contributed by atoms with Gasteiger partial charge in [0.2, 0.25) is 0 Å². The number of rotatable bonds is 7. The van der Waals surface area contributed by atoms with Crippen LogP contribution in [0.15, 0.2) is 18.2 Å². The summed E-state index contributed by atoms with van der Waals surface area (Å²) >= 11 is 5.74. The quantitative estimate of drug-likeness (QED) is 0.811. The van der Waals surface area contributed by atoms with E-state index >= 15 is 0 Å². The van der Waals surface area contributed by atoms with Crippen LogP contribution < -0.4 is 5.32 Å². The Hall–Kier alpha value is -1.62. The molecule has 0 unspecified atom stereocenters. The van der Waals surface area contributed by atoms with Gasteiger partial charge in [-0.25, -0.2) is 4.39 Å². The Kier molecular flexibility index (Phi) is 6.62. The Morgan fingerprint density at radius 2 is 2.05 bits per heavy atom. The van der Waals surface area contributed by atoms with Gasteiger partial charge in [-0.15, -0.1) is 0 Å².